The number of allylic oxidation sites excluding steroid dienone is 4. The van der Waals surface area contributed by atoms with Crippen LogP contribution in [0.3, 0.4) is 0 Å². The number of fused-ring (bicyclic) bond motifs is 9. The lowest BCUT2D eigenvalue weighted by Crippen LogP contribution is -2.52. The van der Waals surface area contributed by atoms with Crippen molar-refractivity contribution in [1.82, 2.24) is 0 Å². The molecule has 2 bridgehead atoms. The van der Waals surface area contributed by atoms with Crippen molar-refractivity contribution < 1.29 is 14.6 Å². The number of rotatable bonds is 1. The van der Waals surface area contributed by atoms with E-state index in [2.05, 4.69) is 39.5 Å². The van der Waals surface area contributed by atoms with E-state index < -0.39 is 12.2 Å². The zero-order valence-corrected chi connectivity index (χ0v) is 16.3. The lowest BCUT2D eigenvalue weighted by Gasteiger charge is -2.47. The maximum atomic E-state index is 11.6. The summed E-state index contributed by atoms with van der Waals surface area (Å²) >= 11 is 0. The first kappa shape index (κ1) is 20.0. The van der Waals surface area contributed by atoms with Crippen molar-refractivity contribution in [2.24, 2.45) is 11.3 Å². The molecule has 1 N–H and O–H groups in total. The van der Waals surface area contributed by atoms with Crippen molar-refractivity contribution in [1.29, 1.82) is 0 Å². The van der Waals surface area contributed by atoms with Crippen molar-refractivity contribution >= 4 is 5.97 Å². The third-order valence-corrected chi connectivity index (χ3v) is 5.97. The van der Waals surface area contributed by atoms with Crippen LogP contribution >= 0.6 is 0 Å². The second-order valence-electron chi connectivity index (χ2n) is 8.33. The summed E-state index contributed by atoms with van der Waals surface area (Å²) < 4.78 is 5.60. The van der Waals surface area contributed by atoms with Gasteiger partial charge in [-0.3, -0.25) is 4.79 Å². The fourth-order valence-electron chi connectivity index (χ4n) is 4.33. The molecule has 3 aliphatic rings. The molecule has 140 valence electrons. The molecule has 0 aromatic heterocycles. The van der Waals surface area contributed by atoms with E-state index in [1.54, 1.807) is 0 Å². The Morgan fingerprint density at radius 2 is 1.88 bits per heavy atom. The monoisotopic (exact) mass is 346 g/mol. The molecule has 1 fully saturated rings. The van der Waals surface area contributed by atoms with Crippen LogP contribution in [0.2, 0.25) is 0 Å². The largest absolute Gasteiger partial charge is 0.459 e. The number of aliphatic hydroxyl groups is 1. The van der Waals surface area contributed by atoms with Gasteiger partial charge in [0.2, 0.25) is 0 Å². The summed E-state index contributed by atoms with van der Waals surface area (Å²) in [6.07, 6.45) is 10.1. The van der Waals surface area contributed by atoms with E-state index in [0.717, 1.165) is 50.5 Å². The molecule has 25 heavy (non-hydrogen) atoms. The van der Waals surface area contributed by atoms with E-state index in [-0.39, 0.29) is 17.3 Å². The summed E-state index contributed by atoms with van der Waals surface area (Å²) in [4.78, 5) is 11.6. The second kappa shape index (κ2) is 8.35. The number of ether oxygens (including phenoxy) is 1. The Morgan fingerprint density at radius 1 is 1.24 bits per heavy atom. The van der Waals surface area contributed by atoms with Crippen LogP contribution in [0.1, 0.15) is 72.6 Å². The highest BCUT2D eigenvalue weighted by atomic mass is 16.6. The van der Waals surface area contributed by atoms with Gasteiger partial charge in [-0.05, 0) is 58.8 Å². The van der Waals surface area contributed by atoms with Crippen molar-refractivity contribution in [3.63, 3.8) is 0 Å². The van der Waals surface area contributed by atoms with E-state index in [9.17, 15) is 9.90 Å². The van der Waals surface area contributed by atoms with Crippen LogP contribution in [0.25, 0.3) is 0 Å². The average molecular weight is 347 g/mol. The lowest BCUT2D eigenvalue weighted by molar-refractivity contribution is -0.168. The highest BCUT2D eigenvalue weighted by molar-refractivity contribution is 5.66. The van der Waals surface area contributed by atoms with Gasteiger partial charge < -0.3 is 9.84 Å². The summed E-state index contributed by atoms with van der Waals surface area (Å²) in [5, 5.41) is 11.1. The van der Waals surface area contributed by atoms with Crippen LogP contribution in [0.5, 0.6) is 0 Å². The Bertz CT molecular complexity index is 572. The molecule has 0 aliphatic heterocycles. The summed E-state index contributed by atoms with van der Waals surface area (Å²) in [6, 6.07) is 0. The van der Waals surface area contributed by atoms with Crippen LogP contribution in [-0.4, -0.2) is 23.3 Å². The molecular formula is C22H34O3. The van der Waals surface area contributed by atoms with E-state index in [1.165, 1.54) is 18.1 Å². The predicted molar refractivity (Wildman–Crippen MR) is 102 cm³/mol. The molecule has 0 amide bonds. The minimum absolute atomic E-state index is 0.0375. The van der Waals surface area contributed by atoms with E-state index >= 15 is 0 Å². The Labute approximate surface area is 152 Å². The maximum Gasteiger partial charge on any atom is 0.303 e. The molecule has 0 unspecified atom stereocenters. The first-order valence-electron chi connectivity index (χ1n) is 9.57. The summed E-state index contributed by atoms with van der Waals surface area (Å²) in [6.45, 7) is 12.2. The molecule has 3 rings (SSSR count). The summed E-state index contributed by atoms with van der Waals surface area (Å²) in [7, 11) is 0. The van der Waals surface area contributed by atoms with Gasteiger partial charge in [-0.1, -0.05) is 42.4 Å². The lowest BCUT2D eigenvalue weighted by atomic mass is 9.63. The number of hydrogen-bond donors (Lipinski definition) is 1. The zero-order valence-electron chi connectivity index (χ0n) is 16.3. The Hall–Kier alpha value is -1.35. The third kappa shape index (κ3) is 5.07. The highest BCUT2D eigenvalue weighted by Gasteiger charge is 2.48. The van der Waals surface area contributed by atoms with Crippen LogP contribution < -0.4 is 0 Å². The van der Waals surface area contributed by atoms with Crippen LogP contribution in [0.15, 0.2) is 35.5 Å². The van der Waals surface area contributed by atoms with Crippen molar-refractivity contribution in [2.75, 3.05) is 0 Å². The minimum Gasteiger partial charge on any atom is -0.459 e. The van der Waals surface area contributed by atoms with Crippen LogP contribution in [0.4, 0.5) is 0 Å². The normalized spacial score (nSPS) is 38.9. The second-order valence-corrected chi connectivity index (χ2v) is 8.33. The molecule has 0 radical (unpaired) electrons. The number of carbonyl (C=O) groups is 1. The average Bonchev–Trinajstić information content (AvgIpc) is 2.51. The fraction of sp³-hybridized carbons (Fsp3) is 0.682. The van der Waals surface area contributed by atoms with E-state index in [1.807, 2.05) is 0 Å². The number of hydrogen-bond acceptors (Lipinski definition) is 3. The smallest absolute Gasteiger partial charge is 0.303 e. The van der Waals surface area contributed by atoms with Crippen LogP contribution in [0, 0.1) is 11.3 Å². The standard InChI is InChI=1S/C22H34O3/c1-15-8-6-9-16(2)11-12-19-17(3)14-22(5,13-7-10-15)21(24)20(19)25-18(4)23/h9-10,19-21,24H,3,6-8,11-14H2,1-2,4-5H3/b15-10+,16-9+/t19-,20+,21-,22-/m0/s1. The van der Waals surface area contributed by atoms with Gasteiger partial charge >= 0.3 is 5.97 Å². The van der Waals surface area contributed by atoms with Gasteiger partial charge in [-0.2, -0.15) is 0 Å². The van der Waals surface area contributed by atoms with Gasteiger partial charge in [0, 0.05) is 18.3 Å². The molecule has 0 saturated heterocycles. The predicted octanol–water partition coefficient (Wildman–Crippen LogP) is 5.11. The molecule has 0 aromatic carbocycles. The van der Waals surface area contributed by atoms with Gasteiger partial charge in [0.05, 0.1) is 6.10 Å². The molecule has 3 heteroatoms. The van der Waals surface area contributed by atoms with Gasteiger partial charge in [0.25, 0.3) is 0 Å². The first-order valence-corrected chi connectivity index (χ1v) is 9.57. The maximum absolute atomic E-state index is 11.6. The number of aliphatic hydroxyl groups excluding tert-OH is 1. The highest BCUT2D eigenvalue weighted by Crippen LogP contribution is 2.47. The molecule has 0 aromatic rings. The zero-order chi connectivity index (χ0) is 18.6. The molecule has 3 aliphatic carbocycles. The Kier molecular flexibility index (Phi) is 6.67. The van der Waals surface area contributed by atoms with E-state index in [0.29, 0.717) is 0 Å². The van der Waals surface area contributed by atoms with Crippen molar-refractivity contribution in [2.45, 2.75) is 84.8 Å². The third-order valence-electron chi connectivity index (χ3n) is 5.97. The number of carbonyl (C=O) groups excluding carboxylic acids is 1. The molecule has 0 heterocycles. The van der Waals surface area contributed by atoms with Gasteiger partial charge in [-0.25, -0.2) is 0 Å². The fourth-order valence-corrected chi connectivity index (χ4v) is 4.33. The van der Waals surface area contributed by atoms with Crippen LogP contribution in [-0.2, 0) is 9.53 Å². The summed E-state index contributed by atoms with van der Waals surface area (Å²) in [5.74, 6) is -0.286. The first-order chi connectivity index (χ1) is 11.7. The quantitative estimate of drug-likeness (QED) is 0.530. The minimum atomic E-state index is -0.646. The summed E-state index contributed by atoms with van der Waals surface area (Å²) in [5.41, 5.74) is 3.59. The molecule has 1 saturated carbocycles. The SMILES string of the molecule is C=C1C[C@]2(C)CC/C=C(\C)CC/C=C(\C)CC[C@@H]1[C@@H](OC(C)=O)[C@@H]2O. The molecule has 0 spiro atoms. The molecule has 3 nitrogen and oxygen atoms in total. The Balaban J connectivity index is 2.34. The van der Waals surface area contributed by atoms with Crippen molar-refractivity contribution in [3.8, 4) is 0 Å². The van der Waals surface area contributed by atoms with Crippen molar-refractivity contribution in [3.05, 3.63) is 35.5 Å². The van der Waals surface area contributed by atoms with Gasteiger partial charge in [-0.15, -0.1) is 0 Å². The topological polar surface area (TPSA) is 46.5 Å². The molecule has 4 atom stereocenters. The number of esters is 1. The van der Waals surface area contributed by atoms with Gasteiger partial charge in [0.1, 0.15) is 6.10 Å². The van der Waals surface area contributed by atoms with E-state index in [4.69, 9.17) is 4.74 Å². The molecular weight excluding hydrogens is 312 g/mol. The van der Waals surface area contributed by atoms with Gasteiger partial charge in [0.15, 0.2) is 0 Å². The Morgan fingerprint density at radius 3 is 2.56 bits per heavy atom.